The summed E-state index contributed by atoms with van der Waals surface area (Å²) in [5, 5.41) is 7.48. The van der Waals surface area contributed by atoms with Crippen LogP contribution in [-0.4, -0.2) is 17.1 Å². The highest BCUT2D eigenvalue weighted by atomic mass is 35.5. The fraction of sp³-hybridized carbons (Fsp3) is 0.111. The summed E-state index contributed by atoms with van der Waals surface area (Å²) in [6.07, 6.45) is 1.67. The fourth-order valence-electron chi connectivity index (χ4n) is 2.27. The Kier molecular flexibility index (Phi) is 5.58. The Morgan fingerprint density at radius 3 is 2.76 bits per heavy atom. The molecule has 5 nitrogen and oxygen atoms in total. The van der Waals surface area contributed by atoms with Crippen LogP contribution in [0.2, 0.25) is 10.0 Å². The third kappa shape index (κ3) is 4.53. The van der Waals surface area contributed by atoms with Gasteiger partial charge in [0.05, 0.1) is 17.8 Å². The van der Waals surface area contributed by atoms with Crippen LogP contribution in [0.1, 0.15) is 5.56 Å². The maximum absolute atomic E-state index is 6.17. The first-order chi connectivity index (χ1) is 12.2. The summed E-state index contributed by atoms with van der Waals surface area (Å²) in [5.41, 5.74) is 1.70. The Morgan fingerprint density at radius 1 is 1.08 bits per heavy atom. The molecular formula is C18H16Cl2N4O. The predicted octanol–water partition coefficient (Wildman–Crippen LogP) is 5.15. The van der Waals surface area contributed by atoms with Crippen LogP contribution in [0, 0.1) is 0 Å². The quantitative estimate of drug-likeness (QED) is 0.624. The maximum atomic E-state index is 6.17. The molecule has 3 aromatic rings. The number of benzene rings is 2. The van der Waals surface area contributed by atoms with E-state index in [9.17, 15) is 0 Å². The van der Waals surface area contributed by atoms with E-state index in [0.717, 1.165) is 11.3 Å². The Hall–Kier alpha value is -2.50. The molecule has 0 spiro atoms. The minimum atomic E-state index is 0.494. The van der Waals surface area contributed by atoms with Gasteiger partial charge in [0.2, 0.25) is 5.95 Å². The van der Waals surface area contributed by atoms with Crippen LogP contribution < -0.4 is 15.4 Å². The van der Waals surface area contributed by atoms with Gasteiger partial charge in [0.1, 0.15) is 11.6 Å². The molecule has 0 amide bonds. The van der Waals surface area contributed by atoms with Gasteiger partial charge < -0.3 is 15.4 Å². The average Bonchev–Trinajstić information content (AvgIpc) is 2.63. The molecule has 0 aliphatic carbocycles. The van der Waals surface area contributed by atoms with Crippen molar-refractivity contribution in [2.45, 2.75) is 6.54 Å². The predicted molar refractivity (Wildman–Crippen MR) is 102 cm³/mol. The van der Waals surface area contributed by atoms with E-state index in [1.165, 1.54) is 0 Å². The molecule has 0 aliphatic heterocycles. The Bertz CT molecular complexity index is 873. The Balaban J connectivity index is 1.72. The van der Waals surface area contributed by atoms with E-state index in [-0.39, 0.29) is 0 Å². The van der Waals surface area contributed by atoms with Crippen molar-refractivity contribution in [1.82, 2.24) is 9.97 Å². The number of rotatable bonds is 6. The molecule has 128 valence electrons. The average molecular weight is 375 g/mol. The molecular weight excluding hydrogens is 359 g/mol. The minimum Gasteiger partial charge on any atom is -0.496 e. The van der Waals surface area contributed by atoms with Crippen molar-refractivity contribution in [3.8, 4) is 5.75 Å². The lowest BCUT2D eigenvalue weighted by molar-refractivity contribution is 0.410. The van der Waals surface area contributed by atoms with Crippen molar-refractivity contribution in [3.63, 3.8) is 0 Å². The molecule has 0 fully saturated rings. The SMILES string of the molecule is COc1ccccc1CNc1nccc(Nc2cc(Cl)ccc2Cl)n1. The highest BCUT2D eigenvalue weighted by molar-refractivity contribution is 6.35. The number of para-hydroxylation sites is 1. The lowest BCUT2D eigenvalue weighted by atomic mass is 10.2. The number of nitrogens with zero attached hydrogens (tertiary/aromatic N) is 2. The zero-order valence-electron chi connectivity index (χ0n) is 13.5. The van der Waals surface area contributed by atoms with Gasteiger partial charge >= 0.3 is 0 Å². The van der Waals surface area contributed by atoms with E-state index in [1.54, 1.807) is 37.6 Å². The third-order valence-corrected chi connectivity index (χ3v) is 4.04. The monoisotopic (exact) mass is 374 g/mol. The number of nitrogens with one attached hydrogen (secondary N) is 2. The van der Waals surface area contributed by atoms with Gasteiger partial charge in [0, 0.05) is 23.3 Å². The summed E-state index contributed by atoms with van der Waals surface area (Å²) in [6.45, 7) is 0.547. The number of anilines is 3. The summed E-state index contributed by atoms with van der Waals surface area (Å²) in [7, 11) is 1.65. The van der Waals surface area contributed by atoms with Crippen LogP contribution in [0.5, 0.6) is 5.75 Å². The summed E-state index contributed by atoms with van der Waals surface area (Å²) >= 11 is 12.2. The number of ether oxygens (including phenoxy) is 1. The minimum absolute atomic E-state index is 0.494. The molecule has 1 aromatic heterocycles. The molecule has 0 radical (unpaired) electrons. The lowest BCUT2D eigenvalue weighted by Gasteiger charge is -2.11. The van der Waals surface area contributed by atoms with Crippen molar-refractivity contribution in [3.05, 3.63) is 70.3 Å². The molecule has 0 bridgehead atoms. The van der Waals surface area contributed by atoms with Gasteiger partial charge in [-0.15, -0.1) is 0 Å². The molecule has 1 heterocycles. The highest BCUT2D eigenvalue weighted by Crippen LogP contribution is 2.28. The molecule has 3 rings (SSSR count). The van der Waals surface area contributed by atoms with Crippen molar-refractivity contribution in [2.24, 2.45) is 0 Å². The summed E-state index contributed by atoms with van der Waals surface area (Å²) in [4.78, 5) is 8.66. The summed E-state index contributed by atoms with van der Waals surface area (Å²) < 4.78 is 5.34. The van der Waals surface area contributed by atoms with Crippen molar-refractivity contribution in [2.75, 3.05) is 17.7 Å². The van der Waals surface area contributed by atoms with Gasteiger partial charge in [-0.2, -0.15) is 4.98 Å². The Morgan fingerprint density at radius 2 is 1.92 bits per heavy atom. The van der Waals surface area contributed by atoms with Gasteiger partial charge in [0.25, 0.3) is 0 Å². The van der Waals surface area contributed by atoms with Crippen LogP contribution in [0.15, 0.2) is 54.7 Å². The topological polar surface area (TPSA) is 59.1 Å². The van der Waals surface area contributed by atoms with Gasteiger partial charge in [0.15, 0.2) is 0 Å². The van der Waals surface area contributed by atoms with Crippen LogP contribution >= 0.6 is 23.2 Å². The second-order valence-corrected chi connectivity index (χ2v) is 6.02. The zero-order chi connectivity index (χ0) is 17.6. The molecule has 0 unspecified atom stereocenters. The number of aromatic nitrogens is 2. The van der Waals surface area contributed by atoms with Crippen molar-refractivity contribution >= 4 is 40.7 Å². The maximum Gasteiger partial charge on any atom is 0.224 e. The van der Waals surface area contributed by atoms with Crippen LogP contribution in [0.4, 0.5) is 17.5 Å². The van der Waals surface area contributed by atoms with E-state index in [4.69, 9.17) is 27.9 Å². The summed E-state index contributed by atoms with van der Waals surface area (Å²) in [6, 6.07) is 14.7. The standard InChI is InChI=1S/C18H16Cl2N4O/c1-25-16-5-3-2-4-12(16)11-22-18-21-9-8-17(24-18)23-15-10-13(19)6-7-14(15)20/h2-10H,11H2,1H3,(H2,21,22,23,24). The lowest BCUT2D eigenvalue weighted by Crippen LogP contribution is -2.06. The molecule has 2 aromatic carbocycles. The van der Waals surface area contributed by atoms with Crippen LogP contribution in [-0.2, 0) is 6.54 Å². The largest absolute Gasteiger partial charge is 0.496 e. The second-order valence-electron chi connectivity index (χ2n) is 5.18. The normalized spacial score (nSPS) is 10.4. The molecule has 25 heavy (non-hydrogen) atoms. The first-order valence-electron chi connectivity index (χ1n) is 7.56. The second kappa shape index (κ2) is 8.05. The number of halogens is 2. The van der Waals surface area contributed by atoms with Crippen molar-refractivity contribution < 1.29 is 4.74 Å². The highest BCUT2D eigenvalue weighted by Gasteiger charge is 2.06. The van der Waals surface area contributed by atoms with Gasteiger partial charge in [-0.1, -0.05) is 41.4 Å². The van der Waals surface area contributed by atoms with Crippen LogP contribution in [0.3, 0.4) is 0 Å². The fourth-order valence-corrected chi connectivity index (χ4v) is 2.60. The zero-order valence-corrected chi connectivity index (χ0v) is 15.0. The Labute approximate surface area is 156 Å². The number of hydrogen-bond acceptors (Lipinski definition) is 5. The van der Waals surface area contributed by atoms with E-state index < -0.39 is 0 Å². The first-order valence-corrected chi connectivity index (χ1v) is 8.32. The van der Waals surface area contributed by atoms with E-state index >= 15 is 0 Å². The van der Waals surface area contributed by atoms with Gasteiger partial charge in [-0.05, 0) is 30.3 Å². The summed E-state index contributed by atoms with van der Waals surface area (Å²) in [5.74, 6) is 1.92. The van der Waals surface area contributed by atoms with Crippen LogP contribution in [0.25, 0.3) is 0 Å². The molecule has 7 heteroatoms. The number of methoxy groups -OCH3 is 1. The van der Waals surface area contributed by atoms with Gasteiger partial charge in [-0.3, -0.25) is 0 Å². The van der Waals surface area contributed by atoms with E-state index in [0.29, 0.717) is 34.0 Å². The molecule has 0 atom stereocenters. The van der Waals surface area contributed by atoms with E-state index in [1.807, 2.05) is 24.3 Å². The third-order valence-electron chi connectivity index (χ3n) is 3.48. The molecule has 2 N–H and O–H groups in total. The van der Waals surface area contributed by atoms with Crippen molar-refractivity contribution in [1.29, 1.82) is 0 Å². The van der Waals surface area contributed by atoms with Gasteiger partial charge in [-0.25, -0.2) is 4.98 Å². The smallest absolute Gasteiger partial charge is 0.224 e. The van der Waals surface area contributed by atoms with E-state index in [2.05, 4.69) is 20.6 Å². The number of hydrogen-bond donors (Lipinski definition) is 2. The first kappa shape index (κ1) is 17.3. The molecule has 0 saturated heterocycles. The molecule has 0 saturated carbocycles. The molecule has 0 aliphatic rings.